The van der Waals surface area contributed by atoms with Gasteiger partial charge in [0.05, 0.1) is 24.1 Å². The quantitative estimate of drug-likeness (QED) is 0.297. The maximum absolute atomic E-state index is 13.4. The van der Waals surface area contributed by atoms with Crippen LogP contribution in [0.2, 0.25) is 5.02 Å². The molecule has 4 aromatic rings. The molecule has 9 heteroatoms. The summed E-state index contributed by atoms with van der Waals surface area (Å²) in [6.07, 6.45) is 11.3. The fourth-order valence-corrected chi connectivity index (χ4v) is 8.33. The van der Waals surface area contributed by atoms with Crippen molar-refractivity contribution in [3.8, 4) is 5.75 Å². The molecule has 2 fully saturated rings. The van der Waals surface area contributed by atoms with Crippen LogP contribution in [0.3, 0.4) is 0 Å². The normalized spacial score (nSPS) is 23.1. The van der Waals surface area contributed by atoms with Crippen molar-refractivity contribution in [3.63, 3.8) is 0 Å². The lowest BCUT2D eigenvalue weighted by atomic mass is 9.78. The largest absolute Gasteiger partial charge is 0.493 e. The molecular formula is C29H33ClN4O3S. The smallest absolute Gasteiger partial charge is 0.214 e. The Kier molecular flexibility index (Phi) is 7.29. The molecule has 0 spiro atoms. The van der Waals surface area contributed by atoms with E-state index in [9.17, 15) is 8.42 Å². The van der Waals surface area contributed by atoms with Crippen LogP contribution < -0.4 is 4.74 Å². The van der Waals surface area contributed by atoms with Crippen molar-refractivity contribution in [2.24, 2.45) is 11.8 Å². The molecule has 200 valence electrons. The highest BCUT2D eigenvalue weighted by Crippen LogP contribution is 2.40. The van der Waals surface area contributed by atoms with Gasteiger partial charge in [0.15, 0.2) is 0 Å². The lowest BCUT2D eigenvalue weighted by molar-refractivity contribution is 0.179. The number of pyridine rings is 2. The van der Waals surface area contributed by atoms with E-state index in [0.717, 1.165) is 60.8 Å². The Balaban J connectivity index is 1.07. The number of halogens is 1. The number of hydrogen-bond donors (Lipinski definition) is 1. The van der Waals surface area contributed by atoms with Gasteiger partial charge in [-0.15, -0.1) is 0 Å². The molecular weight excluding hydrogens is 520 g/mol. The summed E-state index contributed by atoms with van der Waals surface area (Å²) in [6, 6.07) is 11.5. The van der Waals surface area contributed by atoms with E-state index >= 15 is 0 Å². The van der Waals surface area contributed by atoms with E-state index in [0.29, 0.717) is 30.6 Å². The van der Waals surface area contributed by atoms with Crippen LogP contribution in [-0.4, -0.2) is 53.1 Å². The third-order valence-electron chi connectivity index (χ3n) is 8.23. The first-order valence-electron chi connectivity index (χ1n) is 13.5. The van der Waals surface area contributed by atoms with Crippen LogP contribution in [-0.2, 0) is 10.0 Å². The Morgan fingerprint density at radius 3 is 2.63 bits per heavy atom. The summed E-state index contributed by atoms with van der Waals surface area (Å²) < 4.78 is 34.5. The second-order valence-electron chi connectivity index (χ2n) is 10.8. The molecule has 1 atom stereocenters. The first-order valence-corrected chi connectivity index (χ1v) is 15.5. The van der Waals surface area contributed by atoms with Gasteiger partial charge < -0.3 is 9.72 Å². The van der Waals surface area contributed by atoms with Crippen LogP contribution in [0.1, 0.15) is 50.0 Å². The molecule has 6 rings (SSSR count). The van der Waals surface area contributed by atoms with Crippen LogP contribution in [0.25, 0.3) is 21.9 Å². The molecule has 7 nitrogen and oxygen atoms in total. The van der Waals surface area contributed by atoms with Crippen molar-refractivity contribution in [1.29, 1.82) is 0 Å². The first kappa shape index (κ1) is 25.6. The van der Waals surface area contributed by atoms with E-state index in [2.05, 4.69) is 27.1 Å². The van der Waals surface area contributed by atoms with Crippen molar-refractivity contribution in [2.45, 2.75) is 44.4 Å². The number of nitrogens with one attached hydrogen (secondary N) is 1. The van der Waals surface area contributed by atoms with Crippen LogP contribution >= 0.6 is 11.6 Å². The van der Waals surface area contributed by atoms with Gasteiger partial charge in [-0.2, -0.15) is 0 Å². The summed E-state index contributed by atoms with van der Waals surface area (Å²) in [5.41, 5.74) is 3.10. The predicted molar refractivity (Wildman–Crippen MR) is 151 cm³/mol. The molecule has 2 aliphatic rings. The van der Waals surface area contributed by atoms with Gasteiger partial charge >= 0.3 is 0 Å². The van der Waals surface area contributed by atoms with Crippen molar-refractivity contribution in [1.82, 2.24) is 19.3 Å². The van der Waals surface area contributed by atoms with Gasteiger partial charge in [0.1, 0.15) is 11.4 Å². The minimum absolute atomic E-state index is 0.198. The number of piperidine rings is 1. The molecule has 1 saturated carbocycles. The number of hydrogen-bond acceptors (Lipinski definition) is 5. The molecule has 1 aliphatic carbocycles. The summed E-state index contributed by atoms with van der Waals surface area (Å²) in [5.74, 6) is 1.81. The second-order valence-corrected chi connectivity index (χ2v) is 13.2. The number of ether oxygens (including phenoxy) is 1. The fraction of sp³-hybridized carbons (Fsp3) is 0.448. The number of nitrogens with zero attached hydrogens (tertiary/aromatic N) is 3. The Morgan fingerprint density at radius 2 is 1.82 bits per heavy atom. The Bertz CT molecular complexity index is 1510. The van der Waals surface area contributed by atoms with E-state index in [4.69, 9.17) is 16.3 Å². The zero-order chi connectivity index (χ0) is 26.1. The number of H-pyrrole nitrogens is 1. The third-order valence-corrected chi connectivity index (χ3v) is 10.5. The van der Waals surface area contributed by atoms with E-state index in [1.165, 1.54) is 10.9 Å². The molecule has 1 N–H and O–H groups in total. The molecule has 1 aromatic carbocycles. The third kappa shape index (κ3) is 5.40. The topological polar surface area (TPSA) is 88.2 Å². The summed E-state index contributed by atoms with van der Waals surface area (Å²) in [5, 5.41) is 2.95. The monoisotopic (exact) mass is 552 g/mol. The fourth-order valence-electron chi connectivity index (χ4n) is 6.22. The molecule has 0 amide bonds. The van der Waals surface area contributed by atoms with Gasteiger partial charge in [-0.25, -0.2) is 17.7 Å². The van der Waals surface area contributed by atoms with Crippen molar-refractivity contribution >= 4 is 43.6 Å². The SMILES string of the molecule is O=S(=O)(CC1CCC(c2ccnc3cnc4[nH]ccc4c23)CC1)N1CCCC(COc2ccc(Cl)cc2)C1. The molecule has 1 unspecified atom stereocenters. The average Bonchev–Trinajstić information content (AvgIpc) is 3.42. The highest BCUT2D eigenvalue weighted by atomic mass is 35.5. The highest BCUT2D eigenvalue weighted by Gasteiger charge is 2.33. The molecule has 4 heterocycles. The molecule has 1 aliphatic heterocycles. The molecule has 38 heavy (non-hydrogen) atoms. The minimum atomic E-state index is -3.30. The van der Waals surface area contributed by atoms with Crippen molar-refractivity contribution in [3.05, 3.63) is 65.6 Å². The van der Waals surface area contributed by atoms with Gasteiger partial charge in [-0.1, -0.05) is 11.6 Å². The first-order chi connectivity index (χ1) is 18.5. The number of sulfonamides is 1. The Labute approximate surface area is 228 Å². The predicted octanol–water partition coefficient (Wildman–Crippen LogP) is 6.16. The zero-order valence-corrected chi connectivity index (χ0v) is 22.9. The van der Waals surface area contributed by atoms with Gasteiger partial charge in [0, 0.05) is 47.2 Å². The van der Waals surface area contributed by atoms with Crippen LogP contribution in [0.15, 0.2) is 55.0 Å². The maximum atomic E-state index is 13.4. The summed E-state index contributed by atoms with van der Waals surface area (Å²) >= 11 is 5.95. The molecule has 0 bridgehead atoms. The Hall–Kier alpha value is -2.68. The van der Waals surface area contributed by atoms with Crippen LogP contribution in [0, 0.1) is 11.8 Å². The summed E-state index contributed by atoms with van der Waals surface area (Å²) in [6.45, 7) is 1.66. The molecule has 1 saturated heterocycles. The van der Waals surface area contributed by atoms with Crippen molar-refractivity contribution in [2.75, 3.05) is 25.4 Å². The van der Waals surface area contributed by atoms with E-state index in [1.807, 2.05) is 30.7 Å². The summed E-state index contributed by atoms with van der Waals surface area (Å²) in [7, 11) is -3.30. The lowest BCUT2D eigenvalue weighted by Crippen LogP contribution is -2.43. The van der Waals surface area contributed by atoms with Crippen LogP contribution in [0.4, 0.5) is 0 Å². The zero-order valence-electron chi connectivity index (χ0n) is 21.4. The van der Waals surface area contributed by atoms with Crippen molar-refractivity contribution < 1.29 is 13.2 Å². The lowest BCUT2D eigenvalue weighted by Gasteiger charge is -2.34. The second kappa shape index (κ2) is 10.8. The van der Waals surface area contributed by atoms with E-state index < -0.39 is 10.0 Å². The summed E-state index contributed by atoms with van der Waals surface area (Å²) in [4.78, 5) is 12.2. The highest BCUT2D eigenvalue weighted by molar-refractivity contribution is 7.89. The van der Waals surface area contributed by atoms with Gasteiger partial charge in [0.25, 0.3) is 0 Å². The Morgan fingerprint density at radius 1 is 1.00 bits per heavy atom. The van der Waals surface area contributed by atoms with Gasteiger partial charge in [-0.05, 0) is 92.3 Å². The standard InChI is InChI=1S/C29H33ClN4O3S/c30-23-7-9-24(10-8-23)37-18-21-2-1-15-34(17-21)38(35,36)19-20-3-5-22(6-4-20)25-11-13-31-27-16-33-29-26(28(25)27)12-14-32-29/h7-14,16,20-22H,1-6,15,17-19H2,(H,32,33). The number of benzene rings is 1. The van der Waals surface area contributed by atoms with E-state index in [-0.39, 0.29) is 17.6 Å². The van der Waals surface area contributed by atoms with Crippen LogP contribution in [0.5, 0.6) is 5.75 Å². The maximum Gasteiger partial charge on any atom is 0.214 e. The molecule has 0 radical (unpaired) electrons. The minimum Gasteiger partial charge on any atom is -0.493 e. The van der Waals surface area contributed by atoms with Gasteiger partial charge in [0.2, 0.25) is 10.0 Å². The number of rotatable bonds is 7. The van der Waals surface area contributed by atoms with E-state index in [1.54, 1.807) is 16.4 Å². The molecule has 3 aromatic heterocycles. The number of fused-ring (bicyclic) bond motifs is 3. The number of aromatic amines is 1. The number of aromatic nitrogens is 3. The average molecular weight is 553 g/mol. The van der Waals surface area contributed by atoms with Gasteiger partial charge in [-0.3, -0.25) is 4.98 Å².